The van der Waals surface area contributed by atoms with Gasteiger partial charge in [-0.15, -0.1) is 17.0 Å². The fourth-order valence-electron chi connectivity index (χ4n) is 1.14. The Morgan fingerprint density at radius 1 is 1.35 bits per heavy atom. The fraction of sp³-hybridized carbons (Fsp3) is 0.417. The molecule has 0 fully saturated rings. The van der Waals surface area contributed by atoms with Crippen molar-refractivity contribution in [1.29, 1.82) is 0 Å². The normalized spacial score (nSPS) is 10.4. The van der Waals surface area contributed by atoms with Gasteiger partial charge in [-0.2, -0.15) is 0 Å². The van der Waals surface area contributed by atoms with Crippen LogP contribution in [0, 0.1) is 6.92 Å². The molecule has 0 aliphatic heterocycles. The van der Waals surface area contributed by atoms with Gasteiger partial charge in [0.1, 0.15) is 5.60 Å². The molecule has 3 N–H and O–H groups in total. The Bertz CT molecular complexity index is 400. The molecule has 0 atom stereocenters. The second-order valence-electron chi connectivity index (χ2n) is 4.70. The molecule has 0 radical (unpaired) electrons. The van der Waals surface area contributed by atoms with E-state index in [1.807, 2.05) is 33.8 Å². The van der Waals surface area contributed by atoms with Crippen LogP contribution in [-0.2, 0) is 4.74 Å². The molecule has 1 rings (SSSR count). The predicted octanol–water partition coefficient (Wildman–Crippen LogP) is 3.50. The lowest BCUT2D eigenvalue weighted by atomic mass is 10.2. The maximum atomic E-state index is 11.5. The predicted molar refractivity (Wildman–Crippen MR) is 75.8 cm³/mol. The van der Waals surface area contributed by atoms with Gasteiger partial charge in [0.05, 0.1) is 0 Å². The number of nitrogens with one attached hydrogen (secondary N) is 1. The third-order valence-corrected chi connectivity index (χ3v) is 1.92. The quantitative estimate of drug-likeness (QED) is 0.780. The molecule has 0 saturated heterocycles. The van der Waals surface area contributed by atoms with E-state index in [1.165, 1.54) is 0 Å². The molecule has 1 aromatic rings. The van der Waals surface area contributed by atoms with Crippen LogP contribution in [0.2, 0.25) is 0 Å². The summed E-state index contributed by atoms with van der Waals surface area (Å²) in [5.41, 5.74) is 7.50. The van der Waals surface area contributed by atoms with Crippen molar-refractivity contribution in [3.63, 3.8) is 0 Å². The van der Waals surface area contributed by atoms with Crippen LogP contribution >= 0.6 is 17.0 Å². The van der Waals surface area contributed by atoms with Crippen LogP contribution in [-0.4, -0.2) is 11.7 Å². The molecule has 17 heavy (non-hydrogen) atoms. The average molecular weight is 303 g/mol. The molecule has 0 bridgehead atoms. The zero-order valence-electron chi connectivity index (χ0n) is 10.5. The zero-order valence-corrected chi connectivity index (χ0v) is 12.2. The standard InChI is InChI=1S/C12H18N2O2.BrH/c1-8-5-6-9(7-10(8)13)14-11(15)16-12(2,3)4;/h5-7H,13H2,1-4H3,(H,14,15);1H. The van der Waals surface area contributed by atoms with Crippen LogP contribution in [0.15, 0.2) is 18.2 Å². The van der Waals surface area contributed by atoms with E-state index in [0.29, 0.717) is 11.4 Å². The van der Waals surface area contributed by atoms with Crippen LogP contribution < -0.4 is 11.1 Å². The van der Waals surface area contributed by atoms with Crippen LogP contribution in [0.5, 0.6) is 0 Å². The summed E-state index contributed by atoms with van der Waals surface area (Å²) in [4.78, 5) is 11.5. The van der Waals surface area contributed by atoms with E-state index in [-0.39, 0.29) is 17.0 Å². The summed E-state index contributed by atoms with van der Waals surface area (Å²) in [5.74, 6) is 0. The van der Waals surface area contributed by atoms with Gasteiger partial charge in [-0.05, 0) is 45.4 Å². The number of hydrogen-bond acceptors (Lipinski definition) is 3. The first-order chi connectivity index (χ1) is 7.28. The van der Waals surface area contributed by atoms with E-state index < -0.39 is 11.7 Å². The number of amides is 1. The lowest BCUT2D eigenvalue weighted by Gasteiger charge is -2.19. The van der Waals surface area contributed by atoms with E-state index in [4.69, 9.17) is 10.5 Å². The van der Waals surface area contributed by atoms with Crippen molar-refractivity contribution < 1.29 is 9.53 Å². The van der Waals surface area contributed by atoms with Crippen LogP contribution in [0.3, 0.4) is 0 Å². The summed E-state index contributed by atoms with van der Waals surface area (Å²) in [7, 11) is 0. The minimum Gasteiger partial charge on any atom is -0.444 e. The third-order valence-electron chi connectivity index (χ3n) is 1.92. The number of nitrogens with two attached hydrogens (primary N) is 1. The van der Waals surface area contributed by atoms with Gasteiger partial charge < -0.3 is 10.5 Å². The number of anilines is 2. The van der Waals surface area contributed by atoms with E-state index in [1.54, 1.807) is 12.1 Å². The van der Waals surface area contributed by atoms with E-state index in [0.717, 1.165) is 5.56 Å². The van der Waals surface area contributed by atoms with Gasteiger partial charge in [-0.25, -0.2) is 4.79 Å². The number of aryl methyl sites for hydroxylation is 1. The van der Waals surface area contributed by atoms with E-state index >= 15 is 0 Å². The summed E-state index contributed by atoms with van der Waals surface area (Å²) >= 11 is 0. The lowest BCUT2D eigenvalue weighted by molar-refractivity contribution is 0.0636. The molecule has 4 nitrogen and oxygen atoms in total. The number of carbonyl (C=O) groups excluding carboxylic acids is 1. The smallest absolute Gasteiger partial charge is 0.412 e. The van der Waals surface area contributed by atoms with Crippen molar-refractivity contribution in [2.75, 3.05) is 11.1 Å². The number of carbonyl (C=O) groups is 1. The molecule has 96 valence electrons. The summed E-state index contributed by atoms with van der Waals surface area (Å²) in [6.45, 7) is 7.36. The van der Waals surface area contributed by atoms with Gasteiger partial charge in [0.15, 0.2) is 0 Å². The molecule has 0 aliphatic carbocycles. The molecule has 0 aromatic heterocycles. The summed E-state index contributed by atoms with van der Waals surface area (Å²) in [6.07, 6.45) is -0.476. The van der Waals surface area contributed by atoms with Gasteiger partial charge in [-0.1, -0.05) is 6.07 Å². The van der Waals surface area contributed by atoms with Crippen molar-refractivity contribution in [3.05, 3.63) is 23.8 Å². The Balaban J connectivity index is 0.00000256. The Morgan fingerprint density at radius 2 is 1.94 bits per heavy atom. The molecule has 1 amide bonds. The molecule has 5 heteroatoms. The van der Waals surface area contributed by atoms with Crippen LogP contribution in [0.4, 0.5) is 16.2 Å². The first-order valence-electron chi connectivity index (χ1n) is 5.14. The highest BCUT2D eigenvalue weighted by molar-refractivity contribution is 8.93. The molecule has 0 spiro atoms. The van der Waals surface area contributed by atoms with Crippen molar-refractivity contribution >= 4 is 34.4 Å². The minimum atomic E-state index is -0.500. The maximum absolute atomic E-state index is 11.5. The highest BCUT2D eigenvalue weighted by Gasteiger charge is 2.16. The summed E-state index contributed by atoms with van der Waals surface area (Å²) < 4.78 is 5.12. The lowest BCUT2D eigenvalue weighted by Crippen LogP contribution is -2.27. The Kier molecular flexibility index (Phi) is 5.48. The number of halogens is 1. The maximum Gasteiger partial charge on any atom is 0.412 e. The van der Waals surface area contributed by atoms with Crippen molar-refractivity contribution in [2.24, 2.45) is 0 Å². The SMILES string of the molecule is Br.Cc1ccc(NC(=O)OC(C)(C)C)cc1N. The Morgan fingerprint density at radius 3 is 2.41 bits per heavy atom. The largest absolute Gasteiger partial charge is 0.444 e. The Hall–Kier alpha value is -1.23. The number of nitrogen functional groups attached to an aromatic ring is 1. The summed E-state index contributed by atoms with van der Waals surface area (Å²) in [5, 5.41) is 2.63. The minimum absolute atomic E-state index is 0. The molecule has 0 aliphatic rings. The monoisotopic (exact) mass is 302 g/mol. The van der Waals surface area contributed by atoms with Gasteiger partial charge in [0.2, 0.25) is 0 Å². The first-order valence-corrected chi connectivity index (χ1v) is 5.14. The number of ether oxygens (including phenoxy) is 1. The third kappa shape index (κ3) is 5.58. The fourth-order valence-corrected chi connectivity index (χ4v) is 1.14. The topological polar surface area (TPSA) is 64.3 Å². The molecular formula is C12H19BrN2O2. The number of rotatable bonds is 1. The second kappa shape index (κ2) is 5.91. The van der Waals surface area contributed by atoms with Crippen molar-refractivity contribution in [3.8, 4) is 0 Å². The summed E-state index contributed by atoms with van der Waals surface area (Å²) in [6, 6.07) is 5.34. The van der Waals surface area contributed by atoms with Crippen molar-refractivity contribution in [2.45, 2.75) is 33.3 Å². The molecule has 0 unspecified atom stereocenters. The van der Waals surface area contributed by atoms with Gasteiger partial charge in [-0.3, -0.25) is 5.32 Å². The molecule has 0 heterocycles. The molecule has 0 saturated carbocycles. The second-order valence-corrected chi connectivity index (χ2v) is 4.70. The average Bonchev–Trinajstić information content (AvgIpc) is 2.08. The van der Waals surface area contributed by atoms with Crippen LogP contribution in [0.25, 0.3) is 0 Å². The highest BCUT2D eigenvalue weighted by atomic mass is 79.9. The zero-order chi connectivity index (χ0) is 12.3. The van der Waals surface area contributed by atoms with Gasteiger partial charge in [0, 0.05) is 11.4 Å². The Labute approximate surface area is 112 Å². The van der Waals surface area contributed by atoms with Crippen LogP contribution in [0.1, 0.15) is 26.3 Å². The van der Waals surface area contributed by atoms with E-state index in [2.05, 4.69) is 5.32 Å². The number of benzene rings is 1. The molecule has 1 aromatic carbocycles. The number of hydrogen-bond donors (Lipinski definition) is 2. The van der Waals surface area contributed by atoms with Gasteiger partial charge >= 0.3 is 6.09 Å². The molecular weight excluding hydrogens is 284 g/mol. The van der Waals surface area contributed by atoms with Crippen molar-refractivity contribution in [1.82, 2.24) is 0 Å². The highest BCUT2D eigenvalue weighted by Crippen LogP contribution is 2.17. The van der Waals surface area contributed by atoms with E-state index in [9.17, 15) is 4.79 Å². The first kappa shape index (κ1) is 15.8. The van der Waals surface area contributed by atoms with Gasteiger partial charge in [0.25, 0.3) is 0 Å².